The quantitative estimate of drug-likeness (QED) is 0.907. The molecular formula is C13H17N3S. The van der Waals surface area contributed by atoms with Gasteiger partial charge in [0.1, 0.15) is 5.01 Å². The monoisotopic (exact) mass is 247 g/mol. The molecule has 0 aliphatic heterocycles. The second-order valence-corrected chi connectivity index (χ2v) is 5.76. The summed E-state index contributed by atoms with van der Waals surface area (Å²) in [5, 5.41) is 1.02. The molecule has 2 aromatic heterocycles. The Morgan fingerprint density at radius 3 is 2.76 bits per heavy atom. The van der Waals surface area contributed by atoms with E-state index in [2.05, 4.69) is 23.8 Å². The summed E-state index contributed by atoms with van der Waals surface area (Å²) in [6, 6.07) is 3.96. The van der Waals surface area contributed by atoms with Gasteiger partial charge in [-0.05, 0) is 19.1 Å². The van der Waals surface area contributed by atoms with Crippen LogP contribution in [-0.4, -0.2) is 16.5 Å². The van der Waals surface area contributed by atoms with Gasteiger partial charge in [0.2, 0.25) is 0 Å². The van der Waals surface area contributed by atoms with Gasteiger partial charge < -0.3 is 5.73 Å². The first-order chi connectivity index (χ1) is 8.04. The standard InChI is InChI=1S/C13H17N3S/c1-9-11(13(2,3)8-14)17-12(16-9)10-5-4-6-15-7-10/h4-7H,8,14H2,1-3H3. The maximum absolute atomic E-state index is 5.82. The predicted octanol–water partition coefficient (Wildman–Crippen LogP) is 2.75. The fourth-order valence-electron chi connectivity index (χ4n) is 1.73. The summed E-state index contributed by atoms with van der Waals surface area (Å²) < 4.78 is 0. The van der Waals surface area contributed by atoms with E-state index in [1.807, 2.05) is 25.3 Å². The number of nitrogens with two attached hydrogens (primary N) is 1. The van der Waals surface area contributed by atoms with E-state index in [0.717, 1.165) is 16.3 Å². The van der Waals surface area contributed by atoms with Crippen molar-refractivity contribution in [2.24, 2.45) is 5.73 Å². The molecule has 0 fully saturated rings. The van der Waals surface area contributed by atoms with Crippen LogP contribution in [0.3, 0.4) is 0 Å². The van der Waals surface area contributed by atoms with Crippen LogP contribution in [0.2, 0.25) is 0 Å². The second kappa shape index (κ2) is 4.55. The van der Waals surface area contributed by atoms with E-state index in [1.165, 1.54) is 4.88 Å². The normalized spacial score (nSPS) is 11.8. The zero-order valence-electron chi connectivity index (χ0n) is 10.4. The number of pyridine rings is 1. The molecule has 0 saturated carbocycles. The number of nitrogens with zero attached hydrogens (tertiary/aromatic N) is 2. The highest BCUT2D eigenvalue weighted by Crippen LogP contribution is 2.35. The first-order valence-corrected chi connectivity index (χ1v) is 6.44. The zero-order chi connectivity index (χ0) is 12.5. The lowest BCUT2D eigenvalue weighted by Gasteiger charge is -2.20. The molecule has 2 aromatic rings. The van der Waals surface area contributed by atoms with Gasteiger partial charge in [0.05, 0.1) is 5.69 Å². The predicted molar refractivity (Wildman–Crippen MR) is 72.2 cm³/mol. The van der Waals surface area contributed by atoms with E-state index >= 15 is 0 Å². The lowest BCUT2D eigenvalue weighted by atomic mass is 9.91. The maximum atomic E-state index is 5.82. The number of aromatic nitrogens is 2. The summed E-state index contributed by atoms with van der Waals surface area (Å²) in [5.74, 6) is 0. The van der Waals surface area contributed by atoms with Crippen LogP contribution in [0.5, 0.6) is 0 Å². The highest BCUT2D eigenvalue weighted by atomic mass is 32.1. The highest BCUT2D eigenvalue weighted by Gasteiger charge is 2.24. The molecule has 0 aromatic carbocycles. The third-order valence-electron chi connectivity index (χ3n) is 2.83. The minimum atomic E-state index is -0.0117. The lowest BCUT2D eigenvalue weighted by molar-refractivity contribution is 0.546. The van der Waals surface area contributed by atoms with Gasteiger partial charge >= 0.3 is 0 Å². The van der Waals surface area contributed by atoms with Crippen LogP contribution in [0.15, 0.2) is 24.5 Å². The molecular weight excluding hydrogens is 230 g/mol. The van der Waals surface area contributed by atoms with Crippen LogP contribution in [-0.2, 0) is 5.41 Å². The molecule has 0 amide bonds. The van der Waals surface area contributed by atoms with Gasteiger partial charge in [-0.1, -0.05) is 13.8 Å². The molecule has 90 valence electrons. The summed E-state index contributed by atoms with van der Waals surface area (Å²) in [4.78, 5) is 10.0. The molecule has 0 bridgehead atoms. The van der Waals surface area contributed by atoms with Gasteiger partial charge in [-0.2, -0.15) is 0 Å². The molecule has 3 nitrogen and oxygen atoms in total. The minimum absolute atomic E-state index is 0.0117. The van der Waals surface area contributed by atoms with Gasteiger partial charge in [-0.3, -0.25) is 4.98 Å². The molecule has 0 radical (unpaired) electrons. The number of hydrogen-bond donors (Lipinski definition) is 1. The number of rotatable bonds is 3. The molecule has 0 unspecified atom stereocenters. The Kier molecular flexibility index (Phi) is 3.26. The van der Waals surface area contributed by atoms with Crippen molar-refractivity contribution < 1.29 is 0 Å². The number of hydrogen-bond acceptors (Lipinski definition) is 4. The second-order valence-electron chi connectivity index (χ2n) is 4.76. The zero-order valence-corrected chi connectivity index (χ0v) is 11.2. The molecule has 4 heteroatoms. The molecule has 0 atom stereocenters. The molecule has 0 aliphatic rings. The van der Waals surface area contributed by atoms with Crippen molar-refractivity contribution in [3.05, 3.63) is 35.1 Å². The fraction of sp³-hybridized carbons (Fsp3) is 0.385. The summed E-state index contributed by atoms with van der Waals surface area (Å²) in [6.45, 7) is 6.98. The van der Waals surface area contributed by atoms with Gasteiger partial charge in [0.15, 0.2) is 0 Å². The van der Waals surface area contributed by atoms with Crippen molar-refractivity contribution in [1.29, 1.82) is 0 Å². The van der Waals surface area contributed by atoms with Crippen LogP contribution in [0, 0.1) is 6.92 Å². The van der Waals surface area contributed by atoms with Crippen molar-refractivity contribution in [3.8, 4) is 10.6 Å². The van der Waals surface area contributed by atoms with Gasteiger partial charge in [0.25, 0.3) is 0 Å². The average Bonchev–Trinajstić information content (AvgIpc) is 2.73. The number of thiazole rings is 1. The van der Waals surface area contributed by atoms with Crippen LogP contribution in [0.25, 0.3) is 10.6 Å². The minimum Gasteiger partial charge on any atom is -0.330 e. The molecule has 2 rings (SSSR count). The Labute approximate surface area is 106 Å². The molecule has 0 saturated heterocycles. The Balaban J connectivity index is 2.45. The largest absolute Gasteiger partial charge is 0.330 e. The molecule has 17 heavy (non-hydrogen) atoms. The fourth-order valence-corrected chi connectivity index (χ4v) is 2.90. The Morgan fingerprint density at radius 2 is 2.18 bits per heavy atom. The van der Waals surface area contributed by atoms with Crippen molar-refractivity contribution in [1.82, 2.24) is 9.97 Å². The van der Waals surface area contributed by atoms with Crippen molar-refractivity contribution in [2.45, 2.75) is 26.2 Å². The van der Waals surface area contributed by atoms with Crippen molar-refractivity contribution >= 4 is 11.3 Å². The third kappa shape index (κ3) is 2.37. The molecule has 0 aliphatic carbocycles. The van der Waals surface area contributed by atoms with Crippen LogP contribution in [0.4, 0.5) is 0 Å². The highest BCUT2D eigenvalue weighted by molar-refractivity contribution is 7.15. The van der Waals surface area contributed by atoms with E-state index in [9.17, 15) is 0 Å². The van der Waals surface area contributed by atoms with Crippen LogP contribution >= 0.6 is 11.3 Å². The topological polar surface area (TPSA) is 51.8 Å². The summed E-state index contributed by atoms with van der Waals surface area (Å²) in [7, 11) is 0. The lowest BCUT2D eigenvalue weighted by Crippen LogP contribution is -2.27. The molecule has 2 N–H and O–H groups in total. The van der Waals surface area contributed by atoms with E-state index < -0.39 is 0 Å². The third-order valence-corrected chi connectivity index (χ3v) is 4.40. The Hall–Kier alpha value is -1.26. The number of aryl methyl sites for hydroxylation is 1. The average molecular weight is 247 g/mol. The van der Waals surface area contributed by atoms with Crippen molar-refractivity contribution in [2.75, 3.05) is 6.54 Å². The first kappa shape index (κ1) is 12.2. The SMILES string of the molecule is Cc1nc(-c2cccnc2)sc1C(C)(C)CN. The van der Waals surface area contributed by atoms with E-state index in [1.54, 1.807) is 17.5 Å². The summed E-state index contributed by atoms with van der Waals surface area (Å²) in [6.07, 6.45) is 3.62. The van der Waals surface area contributed by atoms with Gasteiger partial charge in [-0.25, -0.2) is 4.98 Å². The van der Waals surface area contributed by atoms with Crippen molar-refractivity contribution in [3.63, 3.8) is 0 Å². The summed E-state index contributed by atoms with van der Waals surface area (Å²) in [5.41, 5.74) is 7.95. The Morgan fingerprint density at radius 1 is 1.41 bits per heavy atom. The smallest absolute Gasteiger partial charge is 0.125 e. The molecule has 2 heterocycles. The Bertz CT molecular complexity index is 503. The van der Waals surface area contributed by atoms with E-state index in [0.29, 0.717) is 6.54 Å². The van der Waals surface area contributed by atoms with Crippen LogP contribution < -0.4 is 5.73 Å². The van der Waals surface area contributed by atoms with Gasteiger partial charge in [-0.15, -0.1) is 11.3 Å². The maximum Gasteiger partial charge on any atom is 0.125 e. The van der Waals surface area contributed by atoms with E-state index in [-0.39, 0.29) is 5.41 Å². The molecule has 0 spiro atoms. The van der Waals surface area contributed by atoms with E-state index in [4.69, 9.17) is 5.73 Å². The van der Waals surface area contributed by atoms with Gasteiger partial charge in [0, 0.05) is 34.8 Å². The summed E-state index contributed by atoms with van der Waals surface area (Å²) >= 11 is 1.71. The first-order valence-electron chi connectivity index (χ1n) is 5.63. The van der Waals surface area contributed by atoms with Crippen LogP contribution in [0.1, 0.15) is 24.4 Å².